The minimum absolute atomic E-state index is 0.214. The Hall–Kier alpha value is -3.88. The summed E-state index contributed by atoms with van der Waals surface area (Å²) in [6.45, 7) is 3.65. The standard InChI is InChI=1S/C21H24N4O5/c1-3-29-18-10-15(6-9-17(18)30-13-19(22)26)11-24-25-20(27)12-23-21(28)16-7-4-14(2)5-8-16/h4-11H,3,12-13H2,1-2H3,(H2,22,26)(H,23,28)(H,25,27)/b24-11+. The highest BCUT2D eigenvalue weighted by Gasteiger charge is 2.09. The zero-order chi connectivity index (χ0) is 21.9. The van der Waals surface area contributed by atoms with Gasteiger partial charge in [-0.15, -0.1) is 0 Å². The summed E-state index contributed by atoms with van der Waals surface area (Å²) in [7, 11) is 0. The van der Waals surface area contributed by atoms with E-state index in [9.17, 15) is 14.4 Å². The Bertz CT molecular complexity index is 925. The molecule has 0 aliphatic rings. The van der Waals surface area contributed by atoms with E-state index in [1.807, 2.05) is 26.0 Å². The molecule has 0 unspecified atom stereocenters. The predicted molar refractivity (Wildman–Crippen MR) is 112 cm³/mol. The molecule has 0 aliphatic carbocycles. The van der Waals surface area contributed by atoms with Gasteiger partial charge in [-0.3, -0.25) is 14.4 Å². The summed E-state index contributed by atoms with van der Waals surface area (Å²) in [5, 5.41) is 6.39. The predicted octanol–water partition coefficient (Wildman–Crippen LogP) is 1.14. The first-order chi connectivity index (χ1) is 14.4. The van der Waals surface area contributed by atoms with E-state index in [1.165, 1.54) is 6.21 Å². The molecule has 0 radical (unpaired) electrons. The monoisotopic (exact) mass is 412 g/mol. The Labute approximate surface area is 174 Å². The Morgan fingerprint density at radius 2 is 1.80 bits per heavy atom. The van der Waals surface area contributed by atoms with Crippen LogP contribution in [0.1, 0.15) is 28.4 Å². The highest BCUT2D eigenvalue weighted by atomic mass is 16.5. The van der Waals surface area contributed by atoms with Gasteiger partial charge in [-0.05, 0) is 49.7 Å². The Kier molecular flexibility index (Phi) is 8.37. The molecule has 158 valence electrons. The van der Waals surface area contributed by atoms with Crippen LogP contribution in [0.5, 0.6) is 11.5 Å². The number of rotatable bonds is 10. The molecular formula is C21H24N4O5. The van der Waals surface area contributed by atoms with Gasteiger partial charge in [-0.2, -0.15) is 5.10 Å². The molecule has 4 N–H and O–H groups in total. The fourth-order valence-electron chi connectivity index (χ4n) is 2.33. The van der Waals surface area contributed by atoms with Crippen LogP contribution in [0.15, 0.2) is 47.6 Å². The minimum atomic E-state index is -0.597. The van der Waals surface area contributed by atoms with Gasteiger partial charge in [0.15, 0.2) is 18.1 Å². The second-order valence-electron chi connectivity index (χ2n) is 6.24. The highest BCUT2D eigenvalue weighted by Crippen LogP contribution is 2.27. The van der Waals surface area contributed by atoms with Crippen molar-refractivity contribution in [1.29, 1.82) is 0 Å². The smallest absolute Gasteiger partial charge is 0.259 e. The van der Waals surface area contributed by atoms with E-state index in [1.54, 1.807) is 30.3 Å². The van der Waals surface area contributed by atoms with Gasteiger partial charge in [0.05, 0.1) is 19.4 Å². The van der Waals surface area contributed by atoms with E-state index in [2.05, 4.69) is 15.8 Å². The molecule has 0 aromatic heterocycles. The van der Waals surface area contributed by atoms with Crippen LogP contribution in [0, 0.1) is 6.92 Å². The summed E-state index contributed by atoms with van der Waals surface area (Å²) in [4.78, 5) is 34.7. The van der Waals surface area contributed by atoms with Crippen LogP contribution in [0.25, 0.3) is 0 Å². The molecule has 0 heterocycles. The lowest BCUT2D eigenvalue weighted by atomic mass is 10.1. The average molecular weight is 412 g/mol. The first kappa shape index (κ1) is 22.4. The first-order valence-electron chi connectivity index (χ1n) is 9.23. The molecule has 0 saturated carbocycles. The third-order valence-electron chi connectivity index (χ3n) is 3.76. The number of hydrogen-bond donors (Lipinski definition) is 3. The van der Waals surface area contributed by atoms with Crippen molar-refractivity contribution in [3.63, 3.8) is 0 Å². The lowest BCUT2D eigenvalue weighted by Gasteiger charge is -2.11. The summed E-state index contributed by atoms with van der Waals surface area (Å²) in [6.07, 6.45) is 1.42. The molecule has 0 bridgehead atoms. The number of primary amides is 1. The summed E-state index contributed by atoms with van der Waals surface area (Å²) in [5.41, 5.74) is 9.56. The van der Waals surface area contributed by atoms with Crippen molar-refractivity contribution in [1.82, 2.24) is 10.7 Å². The quantitative estimate of drug-likeness (QED) is 0.398. The number of carbonyl (C=O) groups is 3. The Morgan fingerprint density at radius 1 is 1.07 bits per heavy atom. The minimum Gasteiger partial charge on any atom is -0.490 e. The zero-order valence-corrected chi connectivity index (χ0v) is 16.8. The van der Waals surface area contributed by atoms with Crippen molar-refractivity contribution < 1.29 is 23.9 Å². The van der Waals surface area contributed by atoms with Gasteiger partial charge in [0.1, 0.15) is 0 Å². The number of nitrogens with two attached hydrogens (primary N) is 1. The largest absolute Gasteiger partial charge is 0.490 e. The molecule has 30 heavy (non-hydrogen) atoms. The summed E-state index contributed by atoms with van der Waals surface area (Å²) >= 11 is 0. The normalized spacial score (nSPS) is 10.5. The number of ether oxygens (including phenoxy) is 2. The van der Waals surface area contributed by atoms with Crippen LogP contribution in [0.3, 0.4) is 0 Å². The number of carbonyl (C=O) groups excluding carboxylic acids is 3. The molecule has 3 amide bonds. The van der Waals surface area contributed by atoms with Crippen molar-refractivity contribution in [3.05, 3.63) is 59.2 Å². The number of benzene rings is 2. The van der Waals surface area contributed by atoms with Crippen molar-refractivity contribution in [2.24, 2.45) is 10.8 Å². The number of hydrazone groups is 1. The summed E-state index contributed by atoms with van der Waals surface area (Å²) < 4.78 is 10.8. The van der Waals surface area contributed by atoms with Crippen LogP contribution >= 0.6 is 0 Å². The van der Waals surface area contributed by atoms with Gasteiger partial charge in [0.25, 0.3) is 17.7 Å². The number of nitrogens with zero attached hydrogens (tertiary/aromatic N) is 1. The van der Waals surface area contributed by atoms with E-state index < -0.39 is 11.8 Å². The number of nitrogens with one attached hydrogen (secondary N) is 2. The van der Waals surface area contributed by atoms with Crippen molar-refractivity contribution >= 4 is 23.9 Å². The van der Waals surface area contributed by atoms with Crippen LogP contribution in [-0.4, -0.2) is 43.7 Å². The molecule has 0 aliphatic heterocycles. The maximum atomic E-state index is 12.0. The molecule has 0 spiro atoms. The van der Waals surface area contributed by atoms with Crippen LogP contribution in [-0.2, 0) is 9.59 Å². The summed E-state index contributed by atoms with van der Waals surface area (Å²) in [6, 6.07) is 11.9. The maximum absolute atomic E-state index is 12.0. The number of aryl methyl sites for hydroxylation is 1. The van der Waals surface area contributed by atoms with E-state index >= 15 is 0 Å². The van der Waals surface area contributed by atoms with Gasteiger partial charge in [0, 0.05) is 5.56 Å². The Morgan fingerprint density at radius 3 is 2.47 bits per heavy atom. The molecular weight excluding hydrogens is 388 g/mol. The highest BCUT2D eigenvalue weighted by molar-refractivity contribution is 5.96. The van der Waals surface area contributed by atoms with Crippen molar-refractivity contribution in [2.75, 3.05) is 19.8 Å². The van der Waals surface area contributed by atoms with Crippen LogP contribution < -0.4 is 25.9 Å². The maximum Gasteiger partial charge on any atom is 0.259 e. The molecule has 9 heteroatoms. The third-order valence-corrected chi connectivity index (χ3v) is 3.76. The topological polar surface area (TPSA) is 132 Å². The second kappa shape index (κ2) is 11.2. The fourth-order valence-corrected chi connectivity index (χ4v) is 2.33. The van der Waals surface area contributed by atoms with Gasteiger partial charge in [-0.1, -0.05) is 17.7 Å². The molecule has 2 aromatic rings. The summed E-state index contributed by atoms with van der Waals surface area (Å²) in [5.74, 6) is -0.629. The second-order valence-corrected chi connectivity index (χ2v) is 6.24. The molecule has 2 aromatic carbocycles. The van der Waals surface area contributed by atoms with Gasteiger partial charge < -0.3 is 20.5 Å². The molecule has 0 atom stereocenters. The molecule has 0 saturated heterocycles. The molecule has 2 rings (SSSR count). The SMILES string of the molecule is CCOc1cc(/C=N/NC(=O)CNC(=O)c2ccc(C)cc2)ccc1OCC(N)=O. The van der Waals surface area contributed by atoms with Gasteiger partial charge in [0.2, 0.25) is 0 Å². The van der Waals surface area contributed by atoms with E-state index in [0.29, 0.717) is 29.2 Å². The van der Waals surface area contributed by atoms with Gasteiger partial charge in [-0.25, -0.2) is 5.43 Å². The van der Waals surface area contributed by atoms with Crippen LogP contribution in [0.2, 0.25) is 0 Å². The fraction of sp³-hybridized carbons (Fsp3) is 0.238. The Balaban J connectivity index is 1.88. The number of hydrogen-bond acceptors (Lipinski definition) is 6. The zero-order valence-electron chi connectivity index (χ0n) is 16.8. The number of amides is 3. The lowest BCUT2D eigenvalue weighted by molar-refractivity contribution is -0.120. The molecule has 9 nitrogen and oxygen atoms in total. The van der Waals surface area contributed by atoms with E-state index in [0.717, 1.165) is 5.56 Å². The average Bonchev–Trinajstić information content (AvgIpc) is 2.72. The van der Waals surface area contributed by atoms with Gasteiger partial charge >= 0.3 is 0 Å². The van der Waals surface area contributed by atoms with Crippen molar-refractivity contribution in [2.45, 2.75) is 13.8 Å². The van der Waals surface area contributed by atoms with Crippen LogP contribution in [0.4, 0.5) is 0 Å². The van der Waals surface area contributed by atoms with E-state index in [4.69, 9.17) is 15.2 Å². The van der Waals surface area contributed by atoms with Crippen molar-refractivity contribution in [3.8, 4) is 11.5 Å². The molecule has 0 fully saturated rings. The van der Waals surface area contributed by atoms with E-state index in [-0.39, 0.29) is 19.1 Å². The third kappa shape index (κ3) is 7.27. The lowest BCUT2D eigenvalue weighted by Crippen LogP contribution is -2.34. The first-order valence-corrected chi connectivity index (χ1v) is 9.23.